The maximum absolute atomic E-state index is 12.3. The molecule has 1 rings (SSSR count). The highest BCUT2D eigenvalue weighted by Crippen LogP contribution is 2.34. The van der Waals surface area contributed by atoms with Crippen molar-refractivity contribution < 1.29 is 13.2 Å². The second-order valence-electron chi connectivity index (χ2n) is 4.15. The van der Waals surface area contributed by atoms with Gasteiger partial charge in [-0.05, 0) is 32.9 Å². The lowest BCUT2D eigenvalue weighted by Gasteiger charge is -2.33. The number of halogens is 3. The van der Waals surface area contributed by atoms with Gasteiger partial charge in [0.15, 0.2) is 0 Å². The molecule has 1 atom stereocenters. The standard InChI is InChI=1S/C10H15F3N2/c1-8(6-14)7-15-4-2-9(3-5-15)10(11,12)13/h8-9H,2-5,7H2,1H3. The largest absolute Gasteiger partial charge is 0.391 e. The van der Waals surface area contributed by atoms with Gasteiger partial charge in [-0.3, -0.25) is 0 Å². The predicted molar refractivity (Wildman–Crippen MR) is 50.0 cm³/mol. The van der Waals surface area contributed by atoms with Crippen molar-refractivity contribution in [3.63, 3.8) is 0 Å². The Morgan fingerprint density at radius 1 is 1.40 bits per heavy atom. The maximum Gasteiger partial charge on any atom is 0.391 e. The normalized spacial score (nSPS) is 22.3. The molecule has 0 spiro atoms. The number of likely N-dealkylation sites (tertiary alicyclic amines) is 1. The zero-order valence-electron chi connectivity index (χ0n) is 8.72. The van der Waals surface area contributed by atoms with E-state index in [1.165, 1.54) is 0 Å². The molecule has 1 aliphatic heterocycles. The van der Waals surface area contributed by atoms with Gasteiger partial charge in [-0.1, -0.05) is 0 Å². The minimum absolute atomic E-state index is 0.104. The van der Waals surface area contributed by atoms with Crippen LogP contribution in [-0.4, -0.2) is 30.7 Å². The summed E-state index contributed by atoms with van der Waals surface area (Å²) in [5, 5.41) is 8.59. The maximum atomic E-state index is 12.3. The van der Waals surface area contributed by atoms with Crippen LogP contribution in [0.1, 0.15) is 19.8 Å². The van der Waals surface area contributed by atoms with Gasteiger partial charge in [0, 0.05) is 6.54 Å². The van der Waals surface area contributed by atoms with Gasteiger partial charge in [-0.2, -0.15) is 18.4 Å². The second kappa shape index (κ2) is 4.84. The summed E-state index contributed by atoms with van der Waals surface area (Å²) in [6.07, 6.45) is -3.71. The molecular formula is C10H15F3N2. The molecule has 5 heteroatoms. The van der Waals surface area contributed by atoms with Crippen molar-refractivity contribution in [2.75, 3.05) is 19.6 Å². The molecule has 0 aromatic heterocycles. The van der Waals surface area contributed by atoms with Crippen LogP contribution in [0.5, 0.6) is 0 Å². The summed E-state index contributed by atoms with van der Waals surface area (Å²) in [4.78, 5) is 1.94. The first-order valence-electron chi connectivity index (χ1n) is 5.12. The molecule has 0 radical (unpaired) electrons. The van der Waals surface area contributed by atoms with Crippen LogP contribution >= 0.6 is 0 Å². The van der Waals surface area contributed by atoms with E-state index in [1.54, 1.807) is 6.92 Å². The van der Waals surface area contributed by atoms with Crippen molar-refractivity contribution in [3.05, 3.63) is 0 Å². The lowest BCUT2D eigenvalue weighted by molar-refractivity contribution is -0.185. The Morgan fingerprint density at radius 3 is 2.33 bits per heavy atom. The van der Waals surface area contributed by atoms with Crippen molar-refractivity contribution in [1.29, 1.82) is 5.26 Å². The average molecular weight is 220 g/mol. The summed E-state index contributed by atoms with van der Waals surface area (Å²) in [6.45, 7) is 3.28. The highest BCUT2D eigenvalue weighted by Gasteiger charge is 2.40. The fourth-order valence-electron chi connectivity index (χ4n) is 1.87. The summed E-state index contributed by atoms with van der Waals surface area (Å²) < 4.78 is 37.0. The van der Waals surface area contributed by atoms with Crippen LogP contribution in [0.2, 0.25) is 0 Å². The van der Waals surface area contributed by atoms with Crippen LogP contribution in [0.15, 0.2) is 0 Å². The molecule has 15 heavy (non-hydrogen) atoms. The molecule has 1 fully saturated rings. The first-order valence-corrected chi connectivity index (χ1v) is 5.12. The molecule has 0 saturated carbocycles. The fourth-order valence-corrected chi connectivity index (χ4v) is 1.87. The molecule has 0 aliphatic carbocycles. The van der Waals surface area contributed by atoms with Gasteiger partial charge in [0.25, 0.3) is 0 Å². The van der Waals surface area contributed by atoms with Gasteiger partial charge >= 0.3 is 6.18 Å². The average Bonchev–Trinajstić information content (AvgIpc) is 2.17. The molecule has 0 aromatic rings. The fraction of sp³-hybridized carbons (Fsp3) is 0.900. The Bertz CT molecular complexity index is 236. The van der Waals surface area contributed by atoms with Crippen LogP contribution in [0.25, 0.3) is 0 Å². The molecule has 0 N–H and O–H groups in total. The minimum Gasteiger partial charge on any atom is -0.302 e. The van der Waals surface area contributed by atoms with E-state index in [-0.39, 0.29) is 18.8 Å². The van der Waals surface area contributed by atoms with E-state index in [4.69, 9.17) is 5.26 Å². The highest BCUT2D eigenvalue weighted by molar-refractivity contribution is 4.84. The van der Waals surface area contributed by atoms with Crippen molar-refractivity contribution in [1.82, 2.24) is 4.90 Å². The number of nitriles is 1. The van der Waals surface area contributed by atoms with E-state index >= 15 is 0 Å². The van der Waals surface area contributed by atoms with Gasteiger partial charge in [-0.25, -0.2) is 0 Å². The zero-order valence-corrected chi connectivity index (χ0v) is 8.72. The van der Waals surface area contributed by atoms with Gasteiger partial charge in [0.05, 0.1) is 17.9 Å². The Morgan fingerprint density at radius 2 is 1.93 bits per heavy atom. The van der Waals surface area contributed by atoms with Gasteiger partial charge in [-0.15, -0.1) is 0 Å². The SMILES string of the molecule is CC(C#N)CN1CCC(C(F)(F)F)CC1. The van der Waals surface area contributed by atoms with E-state index < -0.39 is 12.1 Å². The molecule has 1 unspecified atom stereocenters. The first kappa shape index (κ1) is 12.3. The van der Waals surface area contributed by atoms with E-state index in [0.717, 1.165) is 0 Å². The Kier molecular flexibility index (Phi) is 3.97. The highest BCUT2D eigenvalue weighted by atomic mass is 19.4. The summed E-state index contributed by atoms with van der Waals surface area (Å²) in [5.74, 6) is -1.25. The molecule has 1 heterocycles. The van der Waals surface area contributed by atoms with E-state index in [2.05, 4.69) is 6.07 Å². The summed E-state index contributed by atoms with van der Waals surface area (Å²) in [6, 6.07) is 2.09. The smallest absolute Gasteiger partial charge is 0.302 e. The third-order valence-electron chi connectivity index (χ3n) is 2.80. The number of alkyl halides is 3. The van der Waals surface area contributed by atoms with E-state index in [0.29, 0.717) is 19.6 Å². The van der Waals surface area contributed by atoms with Gasteiger partial charge in [0.1, 0.15) is 0 Å². The summed E-state index contributed by atoms with van der Waals surface area (Å²) in [5.41, 5.74) is 0. The predicted octanol–water partition coefficient (Wildman–Crippen LogP) is 2.42. The molecule has 0 bridgehead atoms. The second-order valence-corrected chi connectivity index (χ2v) is 4.15. The molecule has 0 amide bonds. The topological polar surface area (TPSA) is 27.0 Å². The number of hydrogen-bond donors (Lipinski definition) is 0. The Balaban J connectivity index is 2.34. The van der Waals surface area contributed by atoms with Gasteiger partial charge in [0.2, 0.25) is 0 Å². The lowest BCUT2D eigenvalue weighted by atomic mass is 9.96. The molecular weight excluding hydrogens is 205 g/mol. The minimum atomic E-state index is -4.05. The molecule has 86 valence electrons. The third-order valence-corrected chi connectivity index (χ3v) is 2.80. The van der Waals surface area contributed by atoms with Crippen molar-refractivity contribution in [2.45, 2.75) is 25.9 Å². The van der Waals surface area contributed by atoms with Gasteiger partial charge < -0.3 is 4.90 Å². The van der Waals surface area contributed by atoms with Crippen LogP contribution in [0, 0.1) is 23.2 Å². The Labute approximate surface area is 87.7 Å². The molecule has 2 nitrogen and oxygen atoms in total. The summed E-state index contributed by atoms with van der Waals surface area (Å²) >= 11 is 0. The molecule has 1 aliphatic rings. The van der Waals surface area contributed by atoms with Crippen molar-refractivity contribution in [3.8, 4) is 6.07 Å². The van der Waals surface area contributed by atoms with Crippen LogP contribution in [0.4, 0.5) is 13.2 Å². The molecule has 0 aromatic carbocycles. The van der Waals surface area contributed by atoms with Crippen LogP contribution in [-0.2, 0) is 0 Å². The summed E-state index contributed by atoms with van der Waals surface area (Å²) in [7, 11) is 0. The Hall–Kier alpha value is -0.760. The van der Waals surface area contributed by atoms with E-state index in [9.17, 15) is 13.2 Å². The molecule has 1 saturated heterocycles. The van der Waals surface area contributed by atoms with Crippen molar-refractivity contribution >= 4 is 0 Å². The quantitative estimate of drug-likeness (QED) is 0.714. The van der Waals surface area contributed by atoms with Crippen LogP contribution < -0.4 is 0 Å². The van der Waals surface area contributed by atoms with E-state index in [1.807, 2.05) is 4.90 Å². The number of nitrogens with zero attached hydrogens (tertiary/aromatic N) is 2. The third kappa shape index (κ3) is 3.71. The number of rotatable bonds is 2. The first-order chi connectivity index (χ1) is 6.93. The zero-order chi connectivity index (χ0) is 11.5. The number of piperidine rings is 1. The van der Waals surface area contributed by atoms with Crippen molar-refractivity contribution in [2.24, 2.45) is 11.8 Å². The monoisotopic (exact) mass is 220 g/mol. The van der Waals surface area contributed by atoms with Crippen LogP contribution in [0.3, 0.4) is 0 Å². The number of hydrogen-bond acceptors (Lipinski definition) is 2. The lowest BCUT2D eigenvalue weighted by Crippen LogP contribution is -2.40.